The van der Waals surface area contributed by atoms with Crippen molar-refractivity contribution in [1.82, 2.24) is 0 Å². The molecule has 0 aromatic heterocycles. The summed E-state index contributed by atoms with van der Waals surface area (Å²) in [6.07, 6.45) is 20.6. The quantitative estimate of drug-likeness (QED) is 0.402. The molecule has 3 fully saturated rings. The Morgan fingerprint density at radius 3 is 2.57 bits per heavy atom. The Morgan fingerprint density at radius 2 is 1.82 bits per heavy atom. The van der Waals surface area contributed by atoms with E-state index >= 15 is 0 Å². The Balaban J connectivity index is 1.44. The highest BCUT2D eigenvalue weighted by Gasteiger charge is 2.56. The van der Waals surface area contributed by atoms with Crippen LogP contribution in [0.5, 0.6) is 0 Å². The molecule has 0 aromatic rings. The zero-order chi connectivity index (χ0) is 19.9. The second-order valence-corrected chi connectivity index (χ2v) is 12.0. The standard InChI is InChI=1S/C28H48/c1-6-21(19(2)3)12-11-20(4)26-15-16-27-25-14-13-22-9-7-8-10-23(22)24(25)17-18-28(26,27)5/h13,19-21,23-27H,6-12,14-18H2,1-5H3. The number of rotatable bonds is 6. The van der Waals surface area contributed by atoms with Gasteiger partial charge in [0.1, 0.15) is 0 Å². The lowest BCUT2D eigenvalue weighted by molar-refractivity contribution is -0.0251. The van der Waals surface area contributed by atoms with Gasteiger partial charge in [-0.1, -0.05) is 65.5 Å². The predicted octanol–water partition coefficient (Wildman–Crippen LogP) is 8.66. The fraction of sp³-hybridized carbons (Fsp3) is 0.929. The molecule has 0 nitrogen and oxygen atoms in total. The lowest BCUT2D eigenvalue weighted by Crippen LogP contribution is -2.46. The molecule has 4 aliphatic rings. The van der Waals surface area contributed by atoms with Crippen molar-refractivity contribution in [3.8, 4) is 0 Å². The highest BCUT2D eigenvalue weighted by Crippen LogP contribution is 2.64. The van der Waals surface area contributed by atoms with Gasteiger partial charge in [0.05, 0.1) is 0 Å². The fourth-order valence-electron chi connectivity index (χ4n) is 8.91. The molecule has 160 valence electrons. The summed E-state index contributed by atoms with van der Waals surface area (Å²) in [5.74, 6) is 7.84. The van der Waals surface area contributed by atoms with Gasteiger partial charge in [-0.15, -0.1) is 0 Å². The smallest absolute Gasteiger partial charge is 0.0172 e. The largest absolute Gasteiger partial charge is 0.0847 e. The Labute approximate surface area is 176 Å². The van der Waals surface area contributed by atoms with Crippen molar-refractivity contribution < 1.29 is 0 Å². The molecular weight excluding hydrogens is 336 g/mol. The van der Waals surface area contributed by atoms with E-state index in [2.05, 4.69) is 40.7 Å². The van der Waals surface area contributed by atoms with Gasteiger partial charge in [-0.2, -0.15) is 0 Å². The maximum Gasteiger partial charge on any atom is -0.0172 e. The first kappa shape index (κ1) is 21.0. The van der Waals surface area contributed by atoms with E-state index in [1.54, 1.807) is 19.3 Å². The number of hydrogen-bond donors (Lipinski definition) is 0. The normalized spacial score (nSPS) is 42.4. The van der Waals surface area contributed by atoms with E-state index in [1.807, 2.05) is 5.57 Å². The maximum absolute atomic E-state index is 2.74. The highest BCUT2D eigenvalue weighted by molar-refractivity contribution is 5.19. The molecule has 8 unspecified atom stereocenters. The van der Waals surface area contributed by atoms with Crippen LogP contribution in [0, 0.1) is 52.8 Å². The van der Waals surface area contributed by atoms with Crippen molar-refractivity contribution in [2.24, 2.45) is 52.8 Å². The Hall–Kier alpha value is -0.260. The molecule has 0 bridgehead atoms. The van der Waals surface area contributed by atoms with Crippen LogP contribution in [0.1, 0.15) is 112 Å². The molecule has 0 aromatic carbocycles. The van der Waals surface area contributed by atoms with Gasteiger partial charge in [-0.25, -0.2) is 0 Å². The van der Waals surface area contributed by atoms with Crippen molar-refractivity contribution in [3.63, 3.8) is 0 Å². The topological polar surface area (TPSA) is 0 Å². The molecule has 0 radical (unpaired) electrons. The van der Waals surface area contributed by atoms with Crippen LogP contribution in [0.25, 0.3) is 0 Å². The van der Waals surface area contributed by atoms with Crippen LogP contribution in [-0.2, 0) is 0 Å². The summed E-state index contributed by atoms with van der Waals surface area (Å²) >= 11 is 0. The van der Waals surface area contributed by atoms with E-state index in [1.165, 1.54) is 57.8 Å². The molecule has 0 amide bonds. The predicted molar refractivity (Wildman–Crippen MR) is 122 cm³/mol. The number of allylic oxidation sites excluding steroid dienone is 2. The minimum Gasteiger partial charge on any atom is -0.0847 e. The molecule has 0 heteroatoms. The Bertz CT molecular complexity index is 556. The van der Waals surface area contributed by atoms with Crippen molar-refractivity contribution in [1.29, 1.82) is 0 Å². The average Bonchev–Trinajstić information content (AvgIpc) is 3.05. The molecule has 4 aliphatic carbocycles. The van der Waals surface area contributed by atoms with E-state index in [-0.39, 0.29) is 0 Å². The van der Waals surface area contributed by atoms with Crippen LogP contribution < -0.4 is 0 Å². The summed E-state index contributed by atoms with van der Waals surface area (Å²) in [6.45, 7) is 12.6. The summed E-state index contributed by atoms with van der Waals surface area (Å²) < 4.78 is 0. The number of hydrogen-bond acceptors (Lipinski definition) is 0. The molecule has 0 N–H and O–H groups in total. The van der Waals surface area contributed by atoms with Gasteiger partial charge < -0.3 is 0 Å². The molecule has 28 heavy (non-hydrogen) atoms. The van der Waals surface area contributed by atoms with Gasteiger partial charge in [0.25, 0.3) is 0 Å². The lowest BCUT2D eigenvalue weighted by atomic mass is 9.51. The van der Waals surface area contributed by atoms with Crippen LogP contribution >= 0.6 is 0 Å². The van der Waals surface area contributed by atoms with E-state index < -0.39 is 0 Å². The summed E-state index contributed by atoms with van der Waals surface area (Å²) in [6, 6.07) is 0. The summed E-state index contributed by atoms with van der Waals surface area (Å²) in [5, 5.41) is 0. The minimum absolute atomic E-state index is 0.653. The maximum atomic E-state index is 2.74. The first-order chi connectivity index (χ1) is 13.5. The van der Waals surface area contributed by atoms with Crippen LogP contribution in [0.15, 0.2) is 11.6 Å². The molecule has 0 spiro atoms. The van der Waals surface area contributed by atoms with E-state index in [4.69, 9.17) is 0 Å². The van der Waals surface area contributed by atoms with Gasteiger partial charge >= 0.3 is 0 Å². The van der Waals surface area contributed by atoms with Gasteiger partial charge in [0, 0.05) is 0 Å². The van der Waals surface area contributed by atoms with Gasteiger partial charge in [-0.05, 0) is 111 Å². The monoisotopic (exact) mass is 384 g/mol. The van der Waals surface area contributed by atoms with Crippen LogP contribution in [0.4, 0.5) is 0 Å². The van der Waals surface area contributed by atoms with Gasteiger partial charge in [0.15, 0.2) is 0 Å². The number of fused-ring (bicyclic) bond motifs is 5. The average molecular weight is 385 g/mol. The van der Waals surface area contributed by atoms with Crippen LogP contribution in [-0.4, -0.2) is 0 Å². The molecule has 3 saturated carbocycles. The van der Waals surface area contributed by atoms with Crippen molar-refractivity contribution in [2.75, 3.05) is 0 Å². The zero-order valence-electron chi connectivity index (χ0n) is 19.7. The first-order valence-electron chi connectivity index (χ1n) is 13.1. The summed E-state index contributed by atoms with van der Waals surface area (Å²) in [5.41, 5.74) is 2.54. The van der Waals surface area contributed by atoms with Crippen LogP contribution in [0.3, 0.4) is 0 Å². The molecular formula is C28H48. The molecule has 4 rings (SSSR count). The molecule has 0 saturated heterocycles. The van der Waals surface area contributed by atoms with Gasteiger partial charge in [-0.3, -0.25) is 0 Å². The summed E-state index contributed by atoms with van der Waals surface area (Å²) in [7, 11) is 0. The fourth-order valence-corrected chi connectivity index (χ4v) is 8.91. The minimum atomic E-state index is 0.653. The van der Waals surface area contributed by atoms with E-state index in [0.29, 0.717) is 5.41 Å². The third-order valence-corrected chi connectivity index (χ3v) is 10.6. The molecule has 0 heterocycles. The van der Waals surface area contributed by atoms with Crippen LogP contribution in [0.2, 0.25) is 0 Å². The molecule has 0 aliphatic heterocycles. The molecule has 8 atom stereocenters. The first-order valence-corrected chi connectivity index (χ1v) is 13.1. The Morgan fingerprint density at radius 1 is 1.00 bits per heavy atom. The Kier molecular flexibility index (Phi) is 6.35. The third-order valence-electron chi connectivity index (χ3n) is 10.6. The van der Waals surface area contributed by atoms with Gasteiger partial charge in [0.2, 0.25) is 0 Å². The zero-order valence-corrected chi connectivity index (χ0v) is 19.7. The van der Waals surface area contributed by atoms with E-state index in [0.717, 1.165) is 47.3 Å². The highest BCUT2D eigenvalue weighted by atomic mass is 14.6. The van der Waals surface area contributed by atoms with E-state index in [9.17, 15) is 0 Å². The third kappa shape index (κ3) is 3.65. The van der Waals surface area contributed by atoms with Crippen molar-refractivity contribution in [3.05, 3.63) is 11.6 Å². The second kappa shape index (κ2) is 8.47. The van der Waals surface area contributed by atoms with Crippen molar-refractivity contribution >= 4 is 0 Å². The second-order valence-electron chi connectivity index (χ2n) is 12.0. The lowest BCUT2D eigenvalue weighted by Gasteiger charge is -2.54. The summed E-state index contributed by atoms with van der Waals surface area (Å²) in [4.78, 5) is 0. The van der Waals surface area contributed by atoms with Crippen molar-refractivity contribution in [2.45, 2.75) is 112 Å². The SMILES string of the molecule is CCC(CCC(C)C1CCC2C3CC=C4CCCCC4C3CCC12C)C(C)C.